The summed E-state index contributed by atoms with van der Waals surface area (Å²) in [6.07, 6.45) is 1.69. The van der Waals surface area contributed by atoms with Crippen LogP contribution in [0.1, 0.15) is 11.1 Å². The van der Waals surface area contributed by atoms with E-state index in [0.717, 1.165) is 12.8 Å². The number of hydrogen-bond acceptors (Lipinski definition) is 1. The zero-order chi connectivity index (χ0) is 16.5. The van der Waals surface area contributed by atoms with Gasteiger partial charge < -0.3 is 16.4 Å². The molecular formula is C18H23N5. The van der Waals surface area contributed by atoms with Crippen LogP contribution >= 0.6 is 0 Å². The lowest BCUT2D eigenvalue weighted by molar-refractivity contribution is 0.419. The van der Waals surface area contributed by atoms with Crippen molar-refractivity contribution in [3.05, 3.63) is 71.8 Å². The first-order valence-corrected chi connectivity index (χ1v) is 7.66. The normalized spacial score (nSPS) is 10.1. The van der Waals surface area contributed by atoms with Crippen LogP contribution in [0.5, 0.6) is 0 Å². The van der Waals surface area contributed by atoms with E-state index in [9.17, 15) is 0 Å². The molecule has 23 heavy (non-hydrogen) atoms. The first-order chi connectivity index (χ1) is 11.1. The number of benzene rings is 2. The van der Waals surface area contributed by atoms with Gasteiger partial charge in [-0.3, -0.25) is 5.41 Å². The topological polar surface area (TPSA) is 91.5 Å². The number of hydrogen-bond donors (Lipinski definition) is 3. The molecule has 0 bridgehead atoms. The number of nitrogens with one attached hydrogen (secondary N) is 1. The van der Waals surface area contributed by atoms with Crippen LogP contribution in [0.2, 0.25) is 0 Å². The number of aliphatic imine (C=N–C) groups is 1. The SMILES string of the molecule is N=C(N=C(N)N)N(CCc1ccccc1)CCc1ccccc1. The van der Waals surface area contributed by atoms with Crippen LogP contribution in [0.4, 0.5) is 0 Å². The maximum atomic E-state index is 8.09. The van der Waals surface area contributed by atoms with Crippen molar-refractivity contribution in [2.75, 3.05) is 13.1 Å². The van der Waals surface area contributed by atoms with E-state index >= 15 is 0 Å². The summed E-state index contributed by atoms with van der Waals surface area (Å²) in [5, 5.41) is 8.09. The summed E-state index contributed by atoms with van der Waals surface area (Å²) in [5.74, 6) is 0.0243. The number of nitrogens with zero attached hydrogens (tertiary/aromatic N) is 2. The average Bonchev–Trinajstić information content (AvgIpc) is 2.56. The predicted octanol–water partition coefficient (Wildman–Crippen LogP) is 1.98. The molecule has 5 N–H and O–H groups in total. The van der Waals surface area contributed by atoms with Crippen LogP contribution in [-0.2, 0) is 12.8 Å². The summed E-state index contributed by atoms with van der Waals surface area (Å²) in [7, 11) is 0. The third-order valence-electron chi connectivity index (χ3n) is 3.56. The molecule has 0 aromatic heterocycles. The van der Waals surface area contributed by atoms with Crippen molar-refractivity contribution in [2.45, 2.75) is 12.8 Å². The standard InChI is InChI=1S/C18H23N5/c19-17(20)22-18(21)23(13-11-15-7-3-1-4-8-15)14-12-16-9-5-2-6-10-16/h1-10H,11-14H2,(H5,19,20,21,22). The first-order valence-electron chi connectivity index (χ1n) is 7.66. The van der Waals surface area contributed by atoms with E-state index in [1.54, 1.807) is 0 Å². The van der Waals surface area contributed by atoms with Gasteiger partial charge in [-0.1, -0.05) is 60.7 Å². The molecule has 0 unspecified atom stereocenters. The van der Waals surface area contributed by atoms with Crippen molar-refractivity contribution in [1.82, 2.24) is 4.90 Å². The quantitative estimate of drug-likeness (QED) is 0.563. The summed E-state index contributed by atoms with van der Waals surface area (Å²) >= 11 is 0. The maximum Gasteiger partial charge on any atom is 0.221 e. The fourth-order valence-electron chi connectivity index (χ4n) is 2.33. The van der Waals surface area contributed by atoms with Crippen LogP contribution in [0.3, 0.4) is 0 Å². The largest absolute Gasteiger partial charge is 0.370 e. The van der Waals surface area contributed by atoms with Gasteiger partial charge in [0.15, 0.2) is 5.96 Å². The average molecular weight is 309 g/mol. The van der Waals surface area contributed by atoms with E-state index in [4.69, 9.17) is 16.9 Å². The number of nitrogens with two attached hydrogens (primary N) is 2. The van der Waals surface area contributed by atoms with Gasteiger partial charge in [0.25, 0.3) is 0 Å². The molecule has 0 aliphatic heterocycles. The van der Waals surface area contributed by atoms with Gasteiger partial charge in [0.1, 0.15) is 0 Å². The van der Waals surface area contributed by atoms with Gasteiger partial charge in [-0.15, -0.1) is 0 Å². The Kier molecular flexibility index (Phi) is 6.17. The monoisotopic (exact) mass is 309 g/mol. The molecule has 0 amide bonds. The summed E-state index contributed by atoms with van der Waals surface area (Å²) < 4.78 is 0. The molecular weight excluding hydrogens is 286 g/mol. The Morgan fingerprint density at radius 1 is 0.826 bits per heavy atom. The van der Waals surface area contributed by atoms with Crippen LogP contribution in [-0.4, -0.2) is 29.9 Å². The minimum Gasteiger partial charge on any atom is -0.370 e. The third kappa shape index (κ3) is 5.82. The van der Waals surface area contributed by atoms with Gasteiger partial charge in [0, 0.05) is 13.1 Å². The summed E-state index contributed by atoms with van der Waals surface area (Å²) in [6.45, 7) is 1.40. The van der Waals surface area contributed by atoms with Gasteiger partial charge >= 0.3 is 0 Å². The van der Waals surface area contributed by atoms with E-state index < -0.39 is 0 Å². The maximum absolute atomic E-state index is 8.09. The van der Waals surface area contributed by atoms with Crippen molar-refractivity contribution in [3.8, 4) is 0 Å². The number of rotatable bonds is 6. The molecule has 0 atom stereocenters. The summed E-state index contributed by atoms with van der Waals surface area (Å²) in [4.78, 5) is 5.79. The van der Waals surface area contributed by atoms with Crippen LogP contribution in [0.15, 0.2) is 65.7 Å². The molecule has 120 valence electrons. The molecule has 0 saturated heterocycles. The van der Waals surface area contributed by atoms with Crippen molar-refractivity contribution in [1.29, 1.82) is 5.41 Å². The Labute approximate surface area is 137 Å². The Hall–Kier alpha value is -2.82. The molecule has 0 radical (unpaired) electrons. The van der Waals surface area contributed by atoms with E-state index in [2.05, 4.69) is 29.3 Å². The lowest BCUT2D eigenvalue weighted by Gasteiger charge is -2.23. The molecule has 5 heteroatoms. The Morgan fingerprint density at radius 3 is 1.65 bits per heavy atom. The first kappa shape index (κ1) is 16.5. The van der Waals surface area contributed by atoms with Crippen molar-refractivity contribution in [2.24, 2.45) is 16.5 Å². The summed E-state index contributed by atoms with van der Waals surface area (Å²) in [6, 6.07) is 20.4. The Bertz CT molecular complexity index is 589. The highest BCUT2D eigenvalue weighted by Crippen LogP contribution is 2.06. The van der Waals surface area contributed by atoms with Crippen LogP contribution < -0.4 is 11.5 Å². The van der Waals surface area contributed by atoms with E-state index in [1.165, 1.54) is 11.1 Å². The fourth-order valence-corrected chi connectivity index (χ4v) is 2.33. The highest BCUT2D eigenvalue weighted by molar-refractivity contribution is 5.91. The molecule has 0 heterocycles. The summed E-state index contributed by atoms with van der Waals surface area (Å²) in [5.41, 5.74) is 13.3. The molecule has 2 aromatic carbocycles. The Morgan fingerprint density at radius 2 is 1.26 bits per heavy atom. The van der Waals surface area contributed by atoms with Gasteiger partial charge in [0.2, 0.25) is 5.96 Å². The second kappa shape index (κ2) is 8.58. The third-order valence-corrected chi connectivity index (χ3v) is 3.56. The molecule has 0 aliphatic carbocycles. The van der Waals surface area contributed by atoms with E-state index in [0.29, 0.717) is 13.1 Å². The van der Waals surface area contributed by atoms with Crippen molar-refractivity contribution in [3.63, 3.8) is 0 Å². The zero-order valence-corrected chi connectivity index (χ0v) is 13.2. The van der Waals surface area contributed by atoms with E-state index in [1.807, 2.05) is 41.3 Å². The van der Waals surface area contributed by atoms with Crippen LogP contribution in [0, 0.1) is 5.41 Å². The minimum absolute atomic E-state index is 0.0839. The van der Waals surface area contributed by atoms with Gasteiger partial charge in [-0.2, -0.15) is 4.99 Å². The minimum atomic E-state index is -0.0839. The lowest BCUT2D eigenvalue weighted by atomic mass is 10.1. The molecule has 5 nitrogen and oxygen atoms in total. The van der Waals surface area contributed by atoms with Gasteiger partial charge in [0.05, 0.1) is 0 Å². The number of guanidine groups is 2. The van der Waals surface area contributed by atoms with Crippen molar-refractivity contribution >= 4 is 11.9 Å². The second-order valence-corrected chi connectivity index (χ2v) is 5.32. The Balaban J connectivity index is 1.99. The highest BCUT2D eigenvalue weighted by Gasteiger charge is 2.10. The molecule has 2 aromatic rings. The van der Waals surface area contributed by atoms with Crippen molar-refractivity contribution < 1.29 is 0 Å². The molecule has 2 rings (SSSR count). The van der Waals surface area contributed by atoms with E-state index in [-0.39, 0.29) is 11.9 Å². The molecule has 0 spiro atoms. The zero-order valence-electron chi connectivity index (χ0n) is 13.2. The predicted molar refractivity (Wildman–Crippen MR) is 95.4 cm³/mol. The molecule has 0 fully saturated rings. The molecule has 0 saturated carbocycles. The lowest BCUT2D eigenvalue weighted by Crippen LogP contribution is -2.36. The second-order valence-electron chi connectivity index (χ2n) is 5.32. The van der Waals surface area contributed by atoms with Crippen LogP contribution in [0.25, 0.3) is 0 Å². The smallest absolute Gasteiger partial charge is 0.221 e. The molecule has 0 aliphatic rings. The highest BCUT2D eigenvalue weighted by atomic mass is 15.3. The fraction of sp³-hybridized carbons (Fsp3) is 0.222. The van der Waals surface area contributed by atoms with Gasteiger partial charge in [-0.25, -0.2) is 0 Å². The van der Waals surface area contributed by atoms with Gasteiger partial charge in [-0.05, 0) is 24.0 Å².